The van der Waals surface area contributed by atoms with E-state index in [0.29, 0.717) is 11.5 Å². The maximum Gasteiger partial charge on any atom is 0.337 e. The number of hydrogen-bond acceptors (Lipinski definition) is 5. The Bertz CT molecular complexity index is 648. The molecule has 0 atom stereocenters. The highest BCUT2D eigenvalue weighted by Gasteiger charge is 2.14. The summed E-state index contributed by atoms with van der Waals surface area (Å²) in [6.45, 7) is 3.80. The molecule has 0 aliphatic heterocycles. The Balaban J connectivity index is 2.26. The zero-order chi connectivity index (χ0) is 14.9. The summed E-state index contributed by atoms with van der Waals surface area (Å²) in [5.41, 5.74) is 6.77. The second-order valence-corrected chi connectivity index (χ2v) is 4.38. The van der Waals surface area contributed by atoms with Crippen LogP contribution in [0.1, 0.15) is 27.4 Å². The summed E-state index contributed by atoms with van der Waals surface area (Å²) in [4.78, 5) is 11.0. The highest BCUT2D eigenvalue weighted by Crippen LogP contribution is 2.23. The summed E-state index contributed by atoms with van der Waals surface area (Å²) in [5.74, 6) is -1.19. The lowest BCUT2D eigenvalue weighted by atomic mass is 10.1. The molecule has 6 nitrogen and oxygen atoms in total. The molecule has 0 fully saturated rings. The Morgan fingerprint density at radius 3 is 2.75 bits per heavy atom. The van der Waals surface area contributed by atoms with Crippen molar-refractivity contribution in [2.24, 2.45) is 0 Å². The van der Waals surface area contributed by atoms with Gasteiger partial charge in [0.2, 0.25) is 0 Å². The van der Waals surface area contributed by atoms with Gasteiger partial charge in [-0.3, -0.25) is 0 Å². The van der Waals surface area contributed by atoms with Gasteiger partial charge in [-0.05, 0) is 26.0 Å². The third kappa shape index (κ3) is 2.56. The first-order valence-corrected chi connectivity index (χ1v) is 5.88. The average molecular weight is 279 g/mol. The molecule has 0 aliphatic rings. The van der Waals surface area contributed by atoms with Crippen LogP contribution in [0.3, 0.4) is 0 Å². The molecular formula is C13H14FN3O3. The number of nitrogens with zero attached hydrogens (tertiary/aromatic N) is 1. The monoisotopic (exact) mass is 279 g/mol. The van der Waals surface area contributed by atoms with Crippen molar-refractivity contribution in [2.75, 3.05) is 11.1 Å². The highest BCUT2D eigenvalue weighted by molar-refractivity contribution is 5.94. The molecule has 0 aliphatic carbocycles. The molecule has 2 aromatic rings. The lowest BCUT2D eigenvalue weighted by molar-refractivity contribution is 0.0698. The van der Waals surface area contributed by atoms with Gasteiger partial charge in [0.1, 0.15) is 11.6 Å². The Kier molecular flexibility index (Phi) is 3.60. The van der Waals surface area contributed by atoms with E-state index in [-0.39, 0.29) is 23.5 Å². The van der Waals surface area contributed by atoms with Crippen LogP contribution in [0.4, 0.5) is 15.8 Å². The SMILES string of the molecule is Cc1noc(C)c1CNc1cc(C(=O)O)c(N)cc1F. The fourth-order valence-electron chi connectivity index (χ4n) is 1.85. The number of anilines is 2. The first kappa shape index (κ1) is 13.9. The molecule has 0 saturated heterocycles. The average Bonchev–Trinajstić information content (AvgIpc) is 2.68. The first-order valence-electron chi connectivity index (χ1n) is 5.88. The van der Waals surface area contributed by atoms with Gasteiger partial charge in [0.15, 0.2) is 0 Å². The summed E-state index contributed by atoms with van der Waals surface area (Å²) >= 11 is 0. The molecule has 0 amide bonds. The first-order chi connectivity index (χ1) is 9.40. The number of nitrogens with two attached hydrogens (primary N) is 1. The van der Waals surface area contributed by atoms with Crippen LogP contribution in [0, 0.1) is 19.7 Å². The number of aromatic carboxylic acids is 1. The second kappa shape index (κ2) is 5.20. The normalized spacial score (nSPS) is 10.6. The van der Waals surface area contributed by atoms with E-state index in [1.54, 1.807) is 13.8 Å². The minimum absolute atomic E-state index is 0.0663. The molecule has 1 aromatic heterocycles. The molecule has 1 heterocycles. The summed E-state index contributed by atoms with van der Waals surface area (Å²) in [7, 11) is 0. The fourth-order valence-corrected chi connectivity index (χ4v) is 1.85. The van der Waals surface area contributed by atoms with Crippen LogP contribution in [0.25, 0.3) is 0 Å². The smallest absolute Gasteiger partial charge is 0.337 e. The summed E-state index contributed by atoms with van der Waals surface area (Å²) in [5, 5.41) is 15.6. The summed E-state index contributed by atoms with van der Waals surface area (Å²) < 4.78 is 18.7. The number of carboxylic acid groups (broad SMARTS) is 1. The van der Waals surface area contributed by atoms with E-state index < -0.39 is 11.8 Å². The Labute approximate surface area is 114 Å². The predicted molar refractivity (Wildman–Crippen MR) is 71.1 cm³/mol. The minimum Gasteiger partial charge on any atom is -0.478 e. The van der Waals surface area contributed by atoms with Gasteiger partial charge in [-0.2, -0.15) is 0 Å². The molecule has 0 unspecified atom stereocenters. The molecule has 4 N–H and O–H groups in total. The van der Waals surface area contributed by atoms with Crippen LogP contribution in [0.15, 0.2) is 16.7 Å². The van der Waals surface area contributed by atoms with Crippen molar-refractivity contribution >= 4 is 17.3 Å². The van der Waals surface area contributed by atoms with Crippen LogP contribution >= 0.6 is 0 Å². The van der Waals surface area contributed by atoms with Crippen molar-refractivity contribution < 1.29 is 18.8 Å². The van der Waals surface area contributed by atoms with Gasteiger partial charge in [-0.25, -0.2) is 9.18 Å². The third-order valence-corrected chi connectivity index (χ3v) is 3.01. The van der Waals surface area contributed by atoms with Gasteiger partial charge in [-0.15, -0.1) is 0 Å². The maximum absolute atomic E-state index is 13.7. The number of carboxylic acids is 1. The van der Waals surface area contributed by atoms with Crippen molar-refractivity contribution in [3.8, 4) is 0 Å². The number of aryl methyl sites for hydroxylation is 2. The second-order valence-electron chi connectivity index (χ2n) is 4.38. The van der Waals surface area contributed by atoms with Gasteiger partial charge in [0, 0.05) is 17.8 Å². The number of aromatic nitrogens is 1. The van der Waals surface area contributed by atoms with Crippen molar-refractivity contribution in [1.29, 1.82) is 0 Å². The minimum atomic E-state index is -1.21. The van der Waals surface area contributed by atoms with E-state index in [2.05, 4.69) is 10.5 Å². The Morgan fingerprint density at radius 2 is 2.20 bits per heavy atom. The zero-order valence-electron chi connectivity index (χ0n) is 11.0. The Morgan fingerprint density at radius 1 is 1.50 bits per heavy atom. The van der Waals surface area contributed by atoms with Gasteiger partial charge in [0.05, 0.1) is 16.9 Å². The number of rotatable bonds is 4. The molecule has 2 rings (SSSR count). The van der Waals surface area contributed by atoms with E-state index in [4.69, 9.17) is 15.4 Å². The number of halogens is 1. The van der Waals surface area contributed by atoms with Crippen LogP contribution in [0.2, 0.25) is 0 Å². The van der Waals surface area contributed by atoms with Crippen molar-refractivity contribution in [1.82, 2.24) is 5.16 Å². The van der Waals surface area contributed by atoms with Crippen LogP contribution in [-0.2, 0) is 6.54 Å². The van der Waals surface area contributed by atoms with Gasteiger partial charge >= 0.3 is 5.97 Å². The van der Waals surface area contributed by atoms with Crippen molar-refractivity contribution in [2.45, 2.75) is 20.4 Å². The lowest BCUT2D eigenvalue weighted by Gasteiger charge is -2.10. The summed E-state index contributed by atoms with van der Waals surface area (Å²) in [6, 6.07) is 2.16. The van der Waals surface area contributed by atoms with E-state index in [0.717, 1.165) is 11.6 Å². The topological polar surface area (TPSA) is 101 Å². The molecule has 0 saturated carbocycles. The predicted octanol–water partition coefficient (Wildman–Crippen LogP) is 2.32. The number of hydrogen-bond donors (Lipinski definition) is 3. The number of nitrogens with one attached hydrogen (secondary N) is 1. The van der Waals surface area contributed by atoms with E-state index in [1.165, 1.54) is 6.07 Å². The van der Waals surface area contributed by atoms with Gasteiger partial charge in [-0.1, -0.05) is 5.16 Å². The quantitative estimate of drug-likeness (QED) is 0.742. The maximum atomic E-state index is 13.7. The highest BCUT2D eigenvalue weighted by atomic mass is 19.1. The molecule has 0 spiro atoms. The lowest BCUT2D eigenvalue weighted by Crippen LogP contribution is -2.08. The van der Waals surface area contributed by atoms with Crippen LogP contribution in [0.5, 0.6) is 0 Å². The molecule has 0 bridgehead atoms. The molecule has 7 heteroatoms. The van der Waals surface area contributed by atoms with Crippen LogP contribution in [-0.4, -0.2) is 16.2 Å². The van der Waals surface area contributed by atoms with Crippen molar-refractivity contribution in [3.63, 3.8) is 0 Å². The number of benzene rings is 1. The molecule has 20 heavy (non-hydrogen) atoms. The largest absolute Gasteiger partial charge is 0.478 e. The van der Waals surface area contributed by atoms with E-state index in [9.17, 15) is 9.18 Å². The Hall–Kier alpha value is -2.57. The third-order valence-electron chi connectivity index (χ3n) is 3.01. The molecule has 1 aromatic carbocycles. The molecule has 106 valence electrons. The standard InChI is InChI=1S/C13H14FN3O3/c1-6-9(7(2)20-17-6)5-16-12-3-8(13(18)19)11(15)4-10(12)14/h3-4,16H,5,15H2,1-2H3,(H,18,19). The summed E-state index contributed by atoms with van der Waals surface area (Å²) in [6.07, 6.45) is 0. The van der Waals surface area contributed by atoms with Crippen LogP contribution < -0.4 is 11.1 Å². The number of nitrogen functional groups attached to an aromatic ring is 1. The fraction of sp³-hybridized carbons (Fsp3) is 0.231. The van der Waals surface area contributed by atoms with Gasteiger partial charge < -0.3 is 20.7 Å². The molecule has 0 radical (unpaired) electrons. The van der Waals surface area contributed by atoms with Gasteiger partial charge in [0.25, 0.3) is 0 Å². The zero-order valence-corrected chi connectivity index (χ0v) is 11.0. The van der Waals surface area contributed by atoms with Crippen molar-refractivity contribution in [3.05, 3.63) is 40.5 Å². The van der Waals surface area contributed by atoms with E-state index >= 15 is 0 Å². The number of carbonyl (C=O) groups is 1. The van der Waals surface area contributed by atoms with E-state index in [1.807, 2.05) is 0 Å². The molecular weight excluding hydrogens is 265 g/mol.